The molecule has 0 amide bonds. The van der Waals surface area contributed by atoms with Gasteiger partial charge in [-0.15, -0.1) is 0 Å². The van der Waals surface area contributed by atoms with Gasteiger partial charge in [0.2, 0.25) is 0 Å². The second-order valence-electron chi connectivity index (χ2n) is 4.91. The van der Waals surface area contributed by atoms with E-state index in [1.54, 1.807) is 24.3 Å². The van der Waals surface area contributed by atoms with E-state index in [1.807, 2.05) is 6.92 Å². The van der Waals surface area contributed by atoms with E-state index in [0.29, 0.717) is 0 Å². The van der Waals surface area contributed by atoms with Crippen LogP contribution in [0.4, 0.5) is 0 Å². The van der Waals surface area contributed by atoms with Crippen molar-refractivity contribution < 1.29 is 17.3 Å². The van der Waals surface area contributed by atoms with E-state index in [-0.39, 0.29) is 23.7 Å². The maximum absolute atomic E-state index is 11.9. The van der Waals surface area contributed by atoms with E-state index in [4.69, 9.17) is 8.92 Å². The predicted octanol–water partition coefficient (Wildman–Crippen LogP) is 2.66. The Morgan fingerprint density at radius 3 is 2.53 bits per heavy atom. The zero-order valence-corrected chi connectivity index (χ0v) is 12.2. The fraction of sp³-hybridized carbons (Fsp3) is 0.571. The standard InChI is InChI=1S/C14H20O4S/c1-3-4-5-13-14(18-13)10-17-19(15,16)12-8-6-11(2)7-9-12/h6-9,13-14H,3-5,10H2,1-2H3/t13-,14-/m0/s1. The van der Waals surface area contributed by atoms with Crippen molar-refractivity contribution in [1.82, 2.24) is 0 Å². The molecule has 1 aliphatic rings. The van der Waals surface area contributed by atoms with Crippen LogP contribution in [0.1, 0.15) is 31.7 Å². The molecule has 19 heavy (non-hydrogen) atoms. The third kappa shape index (κ3) is 4.03. The monoisotopic (exact) mass is 284 g/mol. The Morgan fingerprint density at radius 2 is 1.89 bits per heavy atom. The maximum Gasteiger partial charge on any atom is 0.297 e. The highest BCUT2D eigenvalue weighted by Gasteiger charge is 2.39. The average molecular weight is 284 g/mol. The zero-order valence-electron chi connectivity index (χ0n) is 11.3. The number of hydrogen-bond acceptors (Lipinski definition) is 4. The van der Waals surface area contributed by atoms with Gasteiger partial charge in [-0.3, -0.25) is 4.18 Å². The van der Waals surface area contributed by atoms with E-state index in [2.05, 4.69) is 6.92 Å². The number of unbranched alkanes of at least 4 members (excludes halogenated alkanes) is 1. The highest BCUT2D eigenvalue weighted by atomic mass is 32.2. The lowest BCUT2D eigenvalue weighted by atomic mass is 10.2. The third-order valence-corrected chi connectivity index (χ3v) is 4.52. The largest absolute Gasteiger partial charge is 0.367 e. The van der Waals surface area contributed by atoms with Crippen molar-refractivity contribution in [3.63, 3.8) is 0 Å². The number of ether oxygens (including phenoxy) is 1. The van der Waals surface area contributed by atoms with Gasteiger partial charge in [-0.25, -0.2) is 0 Å². The molecule has 2 rings (SSSR count). The van der Waals surface area contributed by atoms with E-state index in [9.17, 15) is 8.42 Å². The Morgan fingerprint density at radius 1 is 1.21 bits per heavy atom. The molecule has 0 bridgehead atoms. The molecule has 0 radical (unpaired) electrons. The fourth-order valence-electron chi connectivity index (χ4n) is 1.91. The molecule has 1 heterocycles. The van der Waals surface area contributed by atoms with E-state index >= 15 is 0 Å². The summed E-state index contributed by atoms with van der Waals surface area (Å²) in [5.41, 5.74) is 1.02. The minimum absolute atomic E-state index is 0.0632. The van der Waals surface area contributed by atoms with Crippen molar-refractivity contribution in [3.05, 3.63) is 29.8 Å². The summed E-state index contributed by atoms with van der Waals surface area (Å²) in [6.07, 6.45) is 3.32. The SMILES string of the molecule is CCCC[C@@H]1O[C@H]1COS(=O)(=O)c1ccc(C)cc1. The second-order valence-corrected chi connectivity index (χ2v) is 6.52. The van der Waals surface area contributed by atoms with Crippen LogP contribution in [0.15, 0.2) is 29.2 Å². The van der Waals surface area contributed by atoms with Gasteiger partial charge in [0.05, 0.1) is 17.6 Å². The topological polar surface area (TPSA) is 55.9 Å². The van der Waals surface area contributed by atoms with E-state index in [0.717, 1.165) is 24.8 Å². The fourth-order valence-corrected chi connectivity index (χ4v) is 2.83. The van der Waals surface area contributed by atoms with E-state index < -0.39 is 10.1 Å². The molecule has 1 aromatic carbocycles. The van der Waals surface area contributed by atoms with Crippen LogP contribution in [0.2, 0.25) is 0 Å². The molecule has 1 aliphatic heterocycles. The van der Waals surface area contributed by atoms with Gasteiger partial charge in [0.15, 0.2) is 0 Å². The number of benzene rings is 1. The summed E-state index contributed by atoms with van der Waals surface area (Å²) in [6, 6.07) is 6.64. The van der Waals surface area contributed by atoms with Crippen LogP contribution >= 0.6 is 0 Å². The Labute approximate surface area is 114 Å². The van der Waals surface area contributed by atoms with E-state index in [1.165, 1.54) is 0 Å². The van der Waals surface area contributed by atoms with Crippen molar-refractivity contribution in [2.45, 2.75) is 50.2 Å². The van der Waals surface area contributed by atoms with Gasteiger partial charge in [0.25, 0.3) is 10.1 Å². The molecule has 1 aromatic rings. The lowest BCUT2D eigenvalue weighted by Crippen LogP contribution is -2.12. The number of aryl methyl sites for hydroxylation is 1. The Bertz CT molecular complexity index is 507. The van der Waals surface area contributed by atoms with Gasteiger partial charge in [-0.1, -0.05) is 37.5 Å². The summed E-state index contributed by atoms with van der Waals surface area (Å²) in [6.45, 7) is 4.15. The number of epoxide rings is 1. The summed E-state index contributed by atoms with van der Waals surface area (Å²) in [5, 5.41) is 0. The first kappa shape index (κ1) is 14.5. The lowest BCUT2D eigenvalue weighted by molar-refractivity contribution is 0.263. The molecule has 2 atom stereocenters. The van der Waals surface area contributed by atoms with Gasteiger partial charge in [-0.2, -0.15) is 8.42 Å². The first-order valence-electron chi connectivity index (χ1n) is 6.64. The molecule has 1 saturated heterocycles. The summed E-state index contributed by atoms with van der Waals surface area (Å²) < 4.78 is 34.3. The molecular weight excluding hydrogens is 264 g/mol. The first-order valence-corrected chi connectivity index (χ1v) is 8.05. The molecular formula is C14H20O4S. The molecule has 5 heteroatoms. The smallest absolute Gasteiger partial charge is 0.297 e. The highest BCUT2D eigenvalue weighted by molar-refractivity contribution is 7.86. The lowest BCUT2D eigenvalue weighted by Gasteiger charge is -2.04. The zero-order chi connectivity index (χ0) is 13.9. The summed E-state index contributed by atoms with van der Waals surface area (Å²) >= 11 is 0. The Kier molecular flexibility index (Phi) is 4.60. The van der Waals surface area contributed by atoms with Crippen LogP contribution in [0.25, 0.3) is 0 Å². The van der Waals surface area contributed by atoms with Crippen molar-refractivity contribution in [2.75, 3.05) is 6.61 Å². The van der Waals surface area contributed by atoms with Gasteiger partial charge >= 0.3 is 0 Å². The molecule has 106 valence electrons. The quantitative estimate of drug-likeness (QED) is 0.570. The van der Waals surface area contributed by atoms with Gasteiger partial charge in [0, 0.05) is 0 Å². The van der Waals surface area contributed by atoms with Crippen LogP contribution in [-0.4, -0.2) is 27.2 Å². The first-order chi connectivity index (χ1) is 9.03. The van der Waals surface area contributed by atoms with Gasteiger partial charge in [-0.05, 0) is 25.5 Å². The second kappa shape index (κ2) is 6.03. The normalized spacial score (nSPS) is 22.4. The number of hydrogen-bond donors (Lipinski definition) is 0. The molecule has 0 unspecified atom stereocenters. The van der Waals surface area contributed by atoms with Crippen LogP contribution < -0.4 is 0 Å². The minimum atomic E-state index is -3.66. The van der Waals surface area contributed by atoms with Gasteiger partial charge < -0.3 is 4.74 Å². The highest BCUT2D eigenvalue weighted by Crippen LogP contribution is 2.28. The minimum Gasteiger partial charge on any atom is -0.367 e. The summed E-state index contributed by atoms with van der Waals surface area (Å²) in [4.78, 5) is 0.198. The maximum atomic E-state index is 11.9. The Hall–Kier alpha value is -0.910. The average Bonchev–Trinajstić information content (AvgIpc) is 3.13. The van der Waals surface area contributed by atoms with Crippen molar-refractivity contribution in [3.8, 4) is 0 Å². The predicted molar refractivity (Wildman–Crippen MR) is 72.5 cm³/mol. The third-order valence-electron chi connectivity index (χ3n) is 3.23. The van der Waals surface area contributed by atoms with Crippen LogP contribution in [0.5, 0.6) is 0 Å². The van der Waals surface area contributed by atoms with Crippen molar-refractivity contribution in [1.29, 1.82) is 0 Å². The van der Waals surface area contributed by atoms with Crippen molar-refractivity contribution in [2.24, 2.45) is 0 Å². The molecule has 0 saturated carbocycles. The van der Waals surface area contributed by atoms with Crippen LogP contribution in [-0.2, 0) is 19.0 Å². The Balaban J connectivity index is 1.84. The van der Waals surface area contributed by atoms with Crippen LogP contribution in [0.3, 0.4) is 0 Å². The van der Waals surface area contributed by atoms with Gasteiger partial charge in [0.1, 0.15) is 6.10 Å². The molecule has 1 fully saturated rings. The summed E-state index contributed by atoms with van der Waals surface area (Å²) in [5.74, 6) is 0. The van der Waals surface area contributed by atoms with Crippen molar-refractivity contribution >= 4 is 10.1 Å². The molecule has 0 aliphatic carbocycles. The molecule has 0 spiro atoms. The number of rotatable bonds is 7. The van der Waals surface area contributed by atoms with Crippen LogP contribution in [0, 0.1) is 6.92 Å². The molecule has 4 nitrogen and oxygen atoms in total. The molecule has 0 N–H and O–H groups in total. The summed E-state index contributed by atoms with van der Waals surface area (Å²) in [7, 11) is -3.66. The molecule has 0 aromatic heterocycles.